The molecule has 0 atom stereocenters. The largest absolute Gasteiger partial charge is 0.324 e. The van der Waals surface area contributed by atoms with Gasteiger partial charge < -0.3 is 5.32 Å². The fraction of sp³-hybridized carbons (Fsp3) is 0.0833. The van der Waals surface area contributed by atoms with Crippen molar-refractivity contribution in [3.8, 4) is 0 Å². The Morgan fingerprint density at radius 1 is 1.39 bits per heavy atom. The van der Waals surface area contributed by atoms with Gasteiger partial charge >= 0.3 is 5.00 Å². The molecule has 18 heavy (non-hydrogen) atoms. The highest BCUT2D eigenvalue weighted by Gasteiger charge is 2.15. The van der Waals surface area contributed by atoms with Crippen molar-refractivity contribution in [2.24, 2.45) is 0 Å². The molecule has 0 aliphatic carbocycles. The van der Waals surface area contributed by atoms with Crippen LogP contribution in [-0.4, -0.2) is 10.8 Å². The molecule has 0 saturated heterocycles. The van der Waals surface area contributed by atoms with Crippen LogP contribution in [0.3, 0.4) is 0 Å². The van der Waals surface area contributed by atoms with E-state index < -0.39 is 4.92 Å². The minimum absolute atomic E-state index is 0.0371. The third-order valence-electron chi connectivity index (χ3n) is 2.42. The lowest BCUT2D eigenvalue weighted by Crippen LogP contribution is -2.11. The van der Waals surface area contributed by atoms with Gasteiger partial charge in [0.15, 0.2) is 0 Å². The lowest BCUT2D eigenvalue weighted by molar-refractivity contribution is -0.380. The predicted molar refractivity (Wildman–Crippen MR) is 70.1 cm³/mol. The van der Waals surface area contributed by atoms with Gasteiger partial charge in [0.2, 0.25) is 0 Å². The zero-order valence-electron chi connectivity index (χ0n) is 9.54. The summed E-state index contributed by atoms with van der Waals surface area (Å²) in [6, 6.07) is 8.64. The molecule has 6 heteroatoms. The number of amides is 1. The molecule has 0 bridgehead atoms. The Morgan fingerprint density at radius 3 is 2.72 bits per heavy atom. The van der Waals surface area contributed by atoms with E-state index >= 15 is 0 Å². The number of aryl methyl sites for hydroxylation is 1. The van der Waals surface area contributed by atoms with Gasteiger partial charge in [0, 0.05) is 17.1 Å². The molecule has 1 heterocycles. The van der Waals surface area contributed by atoms with E-state index in [1.165, 1.54) is 11.4 Å². The summed E-state index contributed by atoms with van der Waals surface area (Å²) in [7, 11) is 0. The van der Waals surface area contributed by atoms with E-state index in [1.807, 2.05) is 25.1 Å². The number of carbonyl (C=O) groups is 1. The molecule has 2 aromatic rings. The summed E-state index contributed by atoms with van der Waals surface area (Å²) >= 11 is 0.941. The van der Waals surface area contributed by atoms with E-state index in [9.17, 15) is 14.9 Å². The van der Waals surface area contributed by atoms with Crippen LogP contribution in [0, 0.1) is 17.0 Å². The second-order valence-corrected chi connectivity index (χ2v) is 4.59. The normalized spacial score (nSPS) is 10.1. The molecule has 1 N–H and O–H groups in total. The summed E-state index contributed by atoms with van der Waals surface area (Å²) in [6.45, 7) is 1.88. The standard InChI is InChI=1S/C12H10N2O3S/c1-8-4-2-3-5-10(8)13-12(15)9-6-11(14(16)17)18-7-9/h2-7H,1H3,(H,13,15). The number of nitro groups is 1. The zero-order chi connectivity index (χ0) is 13.1. The van der Waals surface area contributed by atoms with Gasteiger partial charge in [0.05, 0.1) is 10.5 Å². The molecule has 1 amide bonds. The Morgan fingerprint density at radius 2 is 2.11 bits per heavy atom. The van der Waals surface area contributed by atoms with Gasteiger partial charge in [0.25, 0.3) is 5.91 Å². The van der Waals surface area contributed by atoms with Gasteiger partial charge in [0.1, 0.15) is 0 Å². The number of carbonyl (C=O) groups excluding carboxylic acids is 1. The Kier molecular flexibility index (Phi) is 3.38. The average Bonchev–Trinajstić information content (AvgIpc) is 2.81. The molecule has 0 aliphatic rings. The second-order valence-electron chi connectivity index (χ2n) is 3.70. The van der Waals surface area contributed by atoms with Crippen LogP contribution in [-0.2, 0) is 0 Å². The van der Waals surface area contributed by atoms with E-state index in [2.05, 4.69) is 5.32 Å². The molecule has 0 saturated carbocycles. The molecule has 92 valence electrons. The second kappa shape index (κ2) is 4.97. The molecule has 2 rings (SSSR count). The third kappa shape index (κ3) is 2.54. The van der Waals surface area contributed by atoms with Gasteiger partial charge in [-0.25, -0.2) is 0 Å². The van der Waals surface area contributed by atoms with E-state index in [0.29, 0.717) is 11.3 Å². The Labute approximate surface area is 107 Å². The van der Waals surface area contributed by atoms with Crippen molar-refractivity contribution in [2.75, 3.05) is 5.32 Å². The van der Waals surface area contributed by atoms with Crippen molar-refractivity contribution in [3.05, 3.63) is 57.0 Å². The summed E-state index contributed by atoms with van der Waals surface area (Å²) in [6.07, 6.45) is 0. The summed E-state index contributed by atoms with van der Waals surface area (Å²) < 4.78 is 0. The molecule has 0 aliphatic heterocycles. The smallest absolute Gasteiger partial charge is 0.322 e. The van der Waals surface area contributed by atoms with Crippen molar-refractivity contribution in [2.45, 2.75) is 6.92 Å². The Bertz CT molecular complexity index is 607. The number of anilines is 1. The van der Waals surface area contributed by atoms with Gasteiger partial charge in [-0.3, -0.25) is 14.9 Å². The van der Waals surface area contributed by atoms with Crippen molar-refractivity contribution >= 4 is 27.9 Å². The first kappa shape index (κ1) is 12.3. The number of thiophene rings is 1. The van der Waals surface area contributed by atoms with E-state index in [0.717, 1.165) is 16.9 Å². The van der Waals surface area contributed by atoms with Crippen LogP contribution in [0.15, 0.2) is 35.7 Å². The van der Waals surface area contributed by atoms with Crippen molar-refractivity contribution in [1.82, 2.24) is 0 Å². The van der Waals surface area contributed by atoms with Crippen molar-refractivity contribution < 1.29 is 9.72 Å². The summed E-state index contributed by atoms with van der Waals surface area (Å²) in [4.78, 5) is 21.9. The molecule has 1 aromatic heterocycles. The maximum atomic E-state index is 11.9. The average molecular weight is 262 g/mol. The van der Waals surface area contributed by atoms with Gasteiger partial charge in [-0.15, -0.1) is 0 Å². The monoisotopic (exact) mass is 262 g/mol. The van der Waals surface area contributed by atoms with Crippen LogP contribution in [0.4, 0.5) is 10.7 Å². The molecular formula is C12H10N2O3S. The van der Waals surface area contributed by atoms with E-state index in [-0.39, 0.29) is 10.9 Å². The van der Waals surface area contributed by atoms with E-state index in [1.54, 1.807) is 6.07 Å². The van der Waals surface area contributed by atoms with Crippen LogP contribution in [0.2, 0.25) is 0 Å². The molecule has 1 aromatic carbocycles. The number of para-hydroxylation sites is 1. The first-order chi connectivity index (χ1) is 8.58. The van der Waals surface area contributed by atoms with Gasteiger partial charge in [-0.2, -0.15) is 0 Å². The molecule has 0 fully saturated rings. The lowest BCUT2D eigenvalue weighted by atomic mass is 10.2. The van der Waals surface area contributed by atoms with Crippen LogP contribution in [0.5, 0.6) is 0 Å². The molecule has 0 radical (unpaired) electrons. The van der Waals surface area contributed by atoms with Gasteiger partial charge in [-0.05, 0) is 18.6 Å². The molecule has 0 spiro atoms. The lowest BCUT2D eigenvalue weighted by Gasteiger charge is -2.06. The minimum Gasteiger partial charge on any atom is -0.322 e. The summed E-state index contributed by atoms with van der Waals surface area (Å²) in [5, 5.41) is 14.7. The highest BCUT2D eigenvalue weighted by atomic mass is 32.1. The van der Waals surface area contributed by atoms with Crippen LogP contribution in [0.1, 0.15) is 15.9 Å². The SMILES string of the molecule is Cc1ccccc1NC(=O)c1csc([N+](=O)[O-])c1. The summed E-state index contributed by atoms with van der Waals surface area (Å²) in [5.74, 6) is -0.339. The zero-order valence-corrected chi connectivity index (χ0v) is 10.4. The number of nitrogens with one attached hydrogen (secondary N) is 1. The molecule has 5 nitrogen and oxygen atoms in total. The van der Waals surface area contributed by atoms with Crippen molar-refractivity contribution in [1.29, 1.82) is 0 Å². The minimum atomic E-state index is -0.505. The van der Waals surface area contributed by atoms with Gasteiger partial charge in [-0.1, -0.05) is 29.5 Å². The number of hydrogen-bond acceptors (Lipinski definition) is 4. The number of nitrogens with zero attached hydrogens (tertiary/aromatic N) is 1. The van der Waals surface area contributed by atoms with Crippen molar-refractivity contribution in [3.63, 3.8) is 0 Å². The number of benzene rings is 1. The molecular weight excluding hydrogens is 252 g/mol. The number of rotatable bonds is 3. The first-order valence-corrected chi connectivity index (χ1v) is 6.06. The Balaban J connectivity index is 2.17. The third-order valence-corrected chi connectivity index (χ3v) is 3.30. The topological polar surface area (TPSA) is 72.2 Å². The highest BCUT2D eigenvalue weighted by Crippen LogP contribution is 2.23. The first-order valence-electron chi connectivity index (χ1n) is 5.18. The predicted octanol–water partition coefficient (Wildman–Crippen LogP) is 3.22. The van der Waals surface area contributed by atoms with E-state index in [4.69, 9.17) is 0 Å². The Hall–Kier alpha value is -2.21. The quantitative estimate of drug-likeness (QED) is 0.681. The van der Waals surface area contributed by atoms with Crippen LogP contribution < -0.4 is 5.32 Å². The van der Waals surface area contributed by atoms with Crippen LogP contribution in [0.25, 0.3) is 0 Å². The fourth-order valence-electron chi connectivity index (χ4n) is 1.45. The number of hydrogen-bond donors (Lipinski definition) is 1. The maximum absolute atomic E-state index is 11.9. The fourth-order valence-corrected chi connectivity index (χ4v) is 2.15. The van der Waals surface area contributed by atoms with Crippen LogP contribution >= 0.6 is 11.3 Å². The summed E-state index contributed by atoms with van der Waals surface area (Å²) in [5.41, 5.74) is 1.95. The maximum Gasteiger partial charge on any atom is 0.324 e. The molecule has 0 unspecified atom stereocenters. The highest BCUT2D eigenvalue weighted by molar-refractivity contribution is 7.13.